The number of pyridine rings is 1. The number of carbonyl (C=O) groups is 2. The molecule has 0 aliphatic heterocycles. The molecule has 29 heavy (non-hydrogen) atoms. The van der Waals surface area contributed by atoms with E-state index in [0.29, 0.717) is 17.7 Å². The lowest BCUT2D eigenvalue weighted by molar-refractivity contribution is -0.134. The first-order valence-electron chi connectivity index (χ1n) is 8.00. The van der Waals surface area contributed by atoms with Crippen LogP contribution >= 0.6 is 34.4 Å². The molecule has 11 heteroatoms. The Bertz CT molecular complexity index is 974. The highest BCUT2D eigenvalue weighted by molar-refractivity contribution is 8.02. The Hall–Kier alpha value is -2.60. The van der Waals surface area contributed by atoms with Crippen molar-refractivity contribution in [3.05, 3.63) is 58.9 Å². The number of thiazole rings is 1. The topological polar surface area (TPSA) is 112 Å². The number of halogens is 1. The summed E-state index contributed by atoms with van der Waals surface area (Å²) >= 11 is 4.82. The molecule has 7 nitrogen and oxygen atoms in total. The van der Waals surface area contributed by atoms with Gasteiger partial charge >= 0.3 is 11.9 Å². The van der Waals surface area contributed by atoms with Gasteiger partial charge < -0.3 is 15.5 Å². The lowest BCUT2D eigenvalue weighted by atomic mass is 10.1. The van der Waals surface area contributed by atoms with Crippen LogP contribution in [0, 0.1) is 5.95 Å². The maximum Gasteiger partial charge on any atom is 0.328 e. The van der Waals surface area contributed by atoms with Crippen LogP contribution in [0.4, 0.5) is 4.39 Å². The fraction of sp³-hybridized carbons (Fsp3) is 0.111. The van der Waals surface area contributed by atoms with Gasteiger partial charge in [-0.25, -0.2) is 19.6 Å². The lowest BCUT2D eigenvalue weighted by Crippen LogP contribution is -2.02. The number of hydrogen-bond donors (Lipinski definition) is 3. The SMILES string of the molecule is CNCc1cc(-c2cccnc2F)c(Sc2nccs2)s1.O=C(O)C=CC(=O)O. The van der Waals surface area contributed by atoms with Gasteiger partial charge in [-0.1, -0.05) is 0 Å². The Morgan fingerprint density at radius 2 is 1.93 bits per heavy atom. The Kier molecular flexibility index (Phi) is 8.93. The average Bonchev–Trinajstić information content (AvgIpc) is 3.32. The molecule has 3 heterocycles. The first-order chi connectivity index (χ1) is 13.9. The minimum Gasteiger partial charge on any atom is -0.478 e. The monoisotopic (exact) mass is 453 g/mol. The van der Waals surface area contributed by atoms with E-state index < -0.39 is 17.9 Å². The number of aromatic nitrogens is 2. The van der Waals surface area contributed by atoms with Crippen LogP contribution in [0.2, 0.25) is 0 Å². The highest BCUT2D eigenvalue weighted by Crippen LogP contribution is 2.43. The van der Waals surface area contributed by atoms with Gasteiger partial charge in [0.1, 0.15) is 0 Å². The van der Waals surface area contributed by atoms with Crippen molar-refractivity contribution in [2.45, 2.75) is 15.1 Å². The zero-order chi connectivity index (χ0) is 21.2. The van der Waals surface area contributed by atoms with Crippen molar-refractivity contribution in [2.24, 2.45) is 0 Å². The van der Waals surface area contributed by atoms with Crippen molar-refractivity contribution in [1.29, 1.82) is 0 Å². The second kappa shape index (κ2) is 11.4. The van der Waals surface area contributed by atoms with Crippen molar-refractivity contribution in [3.8, 4) is 11.1 Å². The molecule has 0 aliphatic rings. The van der Waals surface area contributed by atoms with Crippen molar-refractivity contribution in [2.75, 3.05) is 7.05 Å². The van der Waals surface area contributed by atoms with Crippen LogP contribution in [-0.2, 0) is 16.1 Å². The maximum atomic E-state index is 14.0. The molecule has 0 bridgehead atoms. The number of carboxylic acids is 2. The molecule has 0 aliphatic carbocycles. The second-order valence-corrected chi connectivity index (χ2v) is 8.74. The van der Waals surface area contributed by atoms with Crippen molar-refractivity contribution in [3.63, 3.8) is 0 Å². The maximum absolute atomic E-state index is 14.0. The van der Waals surface area contributed by atoms with Gasteiger partial charge in [0.2, 0.25) is 5.95 Å². The van der Waals surface area contributed by atoms with Crippen molar-refractivity contribution < 1.29 is 24.2 Å². The third-order valence-electron chi connectivity index (χ3n) is 3.11. The summed E-state index contributed by atoms with van der Waals surface area (Å²) in [4.78, 5) is 28.3. The quantitative estimate of drug-likeness (QED) is 0.364. The molecule has 3 aromatic rings. The third-order valence-corrected chi connectivity index (χ3v) is 6.33. The molecule has 3 N–H and O–H groups in total. The normalized spacial score (nSPS) is 10.6. The Labute approximate surface area is 178 Å². The van der Waals surface area contributed by atoms with Crippen LogP contribution in [0.5, 0.6) is 0 Å². The fourth-order valence-electron chi connectivity index (χ4n) is 2.02. The van der Waals surface area contributed by atoms with Gasteiger partial charge in [-0.15, -0.1) is 22.7 Å². The highest BCUT2D eigenvalue weighted by Gasteiger charge is 2.16. The second-order valence-electron chi connectivity index (χ2n) is 5.20. The minimum atomic E-state index is -1.26. The average molecular weight is 454 g/mol. The molecule has 0 radical (unpaired) electrons. The molecule has 0 atom stereocenters. The van der Waals surface area contributed by atoms with E-state index in [2.05, 4.69) is 15.3 Å². The molecular weight excluding hydrogens is 437 g/mol. The van der Waals surface area contributed by atoms with Crippen LogP contribution in [0.1, 0.15) is 4.88 Å². The Balaban J connectivity index is 0.000000321. The zero-order valence-electron chi connectivity index (χ0n) is 15.0. The van der Waals surface area contributed by atoms with Gasteiger partial charge in [-0.3, -0.25) is 0 Å². The summed E-state index contributed by atoms with van der Waals surface area (Å²) in [6.07, 6.45) is 4.36. The predicted molar refractivity (Wildman–Crippen MR) is 111 cm³/mol. The van der Waals surface area contributed by atoms with E-state index in [1.807, 2.05) is 18.5 Å². The third kappa shape index (κ3) is 7.38. The van der Waals surface area contributed by atoms with Crippen LogP contribution < -0.4 is 5.32 Å². The van der Waals surface area contributed by atoms with E-state index in [1.165, 1.54) is 6.20 Å². The summed E-state index contributed by atoms with van der Waals surface area (Å²) in [5, 5.41) is 20.7. The summed E-state index contributed by atoms with van der Waals surface area (Å²) in [5.74, 6) is -2.95. The van der Waals surface area contributed by atoms with Gasteiger partial charge in [0, 0.05) is 52.5 Å². The summed E-state index contributed by atoms with van der Waals surface area (Å²) in [5.41, 5.74) is 1.42. The van der Waals surface area contributed by atoms with E-state index in [9.17, 15) is 14.0 Å². The van der Waals surface area contributed by atoms with Crippen LogP contribution in [0.3, 0.4) is 0 Å². The number of thiophene rings is 1. The highest BCUT2D eigenvalue weighted by atomic mass is 32.2. The van der Waals surface area contributed by atoms with Crippen LogP contribution in [0.25, 0.3) is 11.1 Å². The van der Waals surface area contributed by atoms with Gasteiger partial charge in [-0.2, -0.15) is 4.39 Å². The molecule has 0 saturated heterocycles. The van der Waals surface area contributed by atoms with Gasteiger partial charge in [0.05, 0.1) is 4.21 Å². The van der Waals surface area contributed by atoms with Crippen molar-refractivity contribution >= 4 is 46.4 Å². The number of nitrogens with zero attached hydrogens (tertiary/aromatic N) is 2. The van der Waals surface area contributed by atoms with Gasteiger partial charge in [0.15, 0.2) is 4.34 Å². The predicted octanol–water partition coefficient (Wildman–Crippen LogP) is 3.99. The molecule has 3 aromatic heterocycles. The number of rotatable bonds is 7. The molecule has 0 unspecified atom stereocenters. The summed E-state index contributed by atoms with van der Waals surface area (Å²) in [6, 6.07) is 5.54. The molecule has 0 spiro atoms. The molecule has 0 amide bonds. The summed E-state index contributed by atoms with van der Waals surface area (Å²) < 4.78 is 16.0. The van der Waals surface area contributed by atoms with E-state index in [1.54, 1.807) is 52.8 Å². The standard InChI is InChI=1S/C14H12FN3S3.C4H4O4/c1-16-8-9-7-11(10-3-2-4-17-12(10)15)13(20-9)21-14-18-5-6-19-14;5-3(6)1-2-4(7)8/h2-7,16H,8H2,1H3;1-2H,(H,5,6)(H,7,8). The zero-order valence-corrected chi connectivity index (χ0v) is 17.5. The Morgan fingerprint density at radius 3 is 2.48 bits per heavy atom. The molecule has 0 fully saturated rings. The van der Waals surface area contributed by atoms with Crippen LogP contribution in [0.15, 0.2) is 56.7 Å². The largest absolute Gasteiger partial charge is 0.478 e. The Morgan fingerprint density at radius 1 is 1.21 bits per heavy atom. The van der Waals surface area contributed by atoms with Gasteiger partial charge in [0.25, 0.3) is 0 Å². The first-order valence-corrected chi connectivity index (χ1v) is 10.5. The van der Waals surface area contributed by atoms with Crippen molar-refractivity contribution in [1.82, 2.24) is 15.3 Å². The lowest BCUT2D eigenvalue weighted by Gasteiger charge is -2.02. The van der Waals surface area contributed by atoms with E-state index in [-0.39, 0.29) is 0 Å². The van der Waals surface area contributed by atoms with E-state index in [4.69, 9.17) is 10.2 Å². The smallest absolute Gasteiger partial charge is 0.328 e. The number of nitrogens with one attached hydrogen (secondary N) is 1. The first kappa shape index (κ1) is 22.7. The number of hydrogen-bond acceptors (Lipinski definition) is 8. The van der Waals surface area contributed by atoms with E-state index >= 15 is 0 Å². The summed E-state index contributed by atoms with van der Waals surface area (Å²) in [6.45, 7) is 0.762. The molecule has 0 aromatic carbocycles. The molecule has 3 rings (SSSR count). The molecular formula is C18H16FN3O4S3. The minimum absolute atomic E-state index is 0.438. The molecule has 152 valence electrons. The number of carboxylic acid groups (broad SMARTS) is 2. The van der Waals surface area contributed by atoms with Gasteiger partial charge in [-0.05, 0) is 37.0 Å². The summed E-state index contributed by atoms with van der Waals surface area (Å²) in [7, 11) is 1.90. The van der Waals surface area contributed by atoms with Crippen LogP contribution in [-0.4, -0.2) is 39.2 Å². The molecule has 0 saturated carbocycles. The van der Waals surface area contributed by atoms with E-state index in [0.717, 1.165) is 25.5 Å². The fourth-order valence-corrected chi connectivity index (χ4v) is 5.33. The number of aliphatic carboxylic acids is 2.